The number of fused-ring (bicyclic) bond motifs is 1. The highest BCUT2D eigenvalue weighted by Gasteiger charge is 2.46. The van der Waals surface area contributed by atoms with Crippen LogP contribution in [0.2, 0.25) is 0 Å². The number of carbonyl (C=O) groups excluding carboxylic acids is 3. The molecule has 1 aliphatic heterocycles. The molecule has 2 atom stereocenters. The lowest BCUT2D eigenvalue weighted by Crippen LogP contribution is -2.33. The lowest BCUT2D eigenvalue weighted by atomic mass is 9.85. The fraction of sp³-hybridized carbons (Fsp3) is 0.450. The maximum atomic E-state index is 12.4. The fourth-order valence-electron chi connectivity index (χ4n) is 3.50. The first-order valence-corrected chi connectivity index (χ1v) is 8.92. The Morgan fingerprint density at radius 3 is 2.26 bits per heavy atom. The van der Waals surface area contributed by atoms with E-state index in [0.717, 1.165) is 5.56 Å². The lowest BCUT2D eigenvalue weighted by Gasteiger charge is -2.14. The van der Waals surface area contributed by atoms with Crippen LogP contribution in [-0.4, -0.2) is 43.4 Å². The molecule has 7 heteroatoms. The molecule has 1 aromatic rings. The lowest BCUT2D eigenvalue weighted by molar-refractivity contribution is -0.146. The van der Waals surface area contributed by atoms with Crippen molar-refractivity contribution in [1.29, 1.82) is 0 Å². The zero-order valence-electron chi connectivity index (χ0n) is 15.5. The number of ether oxygens (including phenoxy) is 3. The van der Waals surface area contributed by atoms with Gasteiger partial charge >= 0.3 is 5.97 Å². The summed E-state index contributed by atoms with van der Waals surface area (Å²) in [6.07, 6.45) is 5.04. The molecule has 1 aliphatic carbocycles. The van der Waals surface area contributed by atoms with Gasteiger partial charge in [-0.15, -0.1) is 0 Å². The fourth-order valence-corrected chi connectivity index (χ4v) is 3.50. The van der Waals surface area contributed by atoms with Crippen molar-refractivity contribution >= 4 is 17.8 Å². The molecule has 0 N–H and O–H groups in total. The number of esters is 1. The van der Waals surface area contributed by atoms with Crippen LogP contribution in [0.25, 0.3) is 0 Å². The topological polar surface area (TPSA) is 82.1 Å². The molecule has 0 bridgehead atoms. The Balaban J connectivity index is 1.50. The number of nitrogens with zero attached hydrogens (tertiary/aromatic N) is 1. The van der Waals surface area contributed by atoms with Crippen LogP contribution in [0.1, 0.15) is 24.8 Å². The number of imide groups is 1. The molecule has 0 radical (unpaired) electrons. The molecular weight excluding hydrogens is 350 g/mol. The second kappa shape index (κ2) is 8.24. The maximum Gasteiger partial charge on any atom is 0.307 e. The van der Waals surface area contributed by atoms with E-state index in [1.807, 2.05) is 12.2 Å². The Labute approximate surface area is 157 Å². The second-order valence-corrected chi connectivity index (χ2v) is 6.58. The summed E-state index contributed by atoms with van der Waals surface area (Å²) in [5.74, 6) is -0.219. The van der Waals surface area contributed by atoms with Crippen molar-refractivity contribution < 1.29 is 28.6 Å². The summed E-state index contributed by atoms with van der Waals surface area (Å²) >= 11 is 0. The Kier molecular flexibility index (Phi) is 5.78. The number of carbonyl (C=O) groups is 3. The first-order valence-electron chi connectivity index (χ1n) is 8.92. The van der Waals surface area contributed by atoms with E-state index in [4.69, 9.17) is 14.2 Å². The third-order valence-corrected chi connectivity index (χ3v) is 4.99. The minimum absolute atomic E-state index is 0.0162. The first-order chi connectivity index (χ1) is 13.0. The van der Waals surface area contributed by atoms with Gasteiger partial charge in [-0.3, -0.25) is 19.3 Å². The molecule has 0 unspecified atom stereocenters. The molecule has 2 amide bonds. The zero-order chi connectivity index (χ0) is 19.4. The summed E-state index contributed by atoms with van der Waals surface area (Å²) in [6, 6.07) is 5.25. The number of hydrogen-bond donors (Lipinski definition) is 0. The van der Waals surface area contributed by atoms with Crippen molar-refractivity contribution in [3.63, 3.8) is 0 Å². The van der Waals surface area contributed by atoms with Crippen molar-refractivity contribution in [3.8, 4) is 11.5 Å². The van der Waals surface area contributed by atoms with Crippen molar-refractivity contribution in [2.75, 3.05) is 20.8 Å². The van der Waals surface area contributed by atoms with Gasteiger partial charge in [0.1, 0.15) is 6.61 Å². The normalized spacial score (nSPS) is 21.2. The average molecular weight is 373 g/mol. The molecule has 0 saturated carbocycles. The first kappa shape index (κ1) is 18.9. The molecule has 1 saturated heterocycles. The smallest absolute Gasteiger partial charge is 0.307 e. The van der Waals surface area contributed by atoms with Crippen molar-refractivity contribution in [3.05, 3.63) is 35.9 Å². The Bertz CT molecular complexity index is 746. The van der Waals surface area contributed by atoms with Crippen LogP contribution in [0.5, 0.6) is 11.5 Å². The monoisotopic (exact) mass is 373 g/mol. The van der Waals surface area contributed by atoms with Gasteiger partial charge in [0.15, 0.2) is 11.5 Å². The molecular formula is C20H23NO6. The number of methoxy groups -OCH3 is 2. The van der Waals surface area contributed by atoms with Gasteiger partial charge in [-0.1, -0.05) is 18.2 Å². The highest BCUT2D eigenvalue weighted by atomic mass is 16.5. The van der Waals surface area contributed by atoms with E-state index in [-0.39, 0.29) is 43.2 Å². The number of benzene rings is 1. The van der Waals surface area contributed by atoms with Gasteiger partial charge in [0.25, 0.3) is 0 Å². The maximum absolute atomic E-state index is 12.4. The van der Waals surface area contributed by atoms with Gasteiger partial charge in [-0.05, 0) is 30.5 Å². The summed E-state index contributed by atoms with van der Waals surface area (Å²) in [6.45, 7) is 0.145. The highest BCUT2D eigenvalue weighted by molar-refractivity contribution is 6.05. The van der Waals surface area contributed by atoms with Crippen LogP contribution in [0, 0.1) is 11.8 Å². The van der Waals surface area contributed by atoms with E-state index >= 15 is 0 Å². The number of amides is 2. The van der Waals surface area contributed by atoms with Gasteiger partial charge in [-0.25, -0.2) is 0 Å². The zero-order valence-corrected chi connectivity index (χ0v) is 15.5. The summed E-state index contributed by atoms with van der Waals surface area (Å²) in [4.78, 5) is 38.0. The third kappa shape index (κ3) is 3.97. The summed E-state index contributed by atoms with van der Waals surface area (Å²) in [5.41, 5.74) is 0.756. The quantitative estimate of drug-likeness (QED) is 0.414. The van der Waals surface area contributed by atoms with Crippen LogP contribution >= 0.6 is 0 Å². The summed E-state index contributed by atoms with van der Waals surface area (Å²) < 4.78 is 15.6. The second-order valence-electron chi connectivity index (χ2n) is 6.58. The summed E-state index contributed by atoms with van der Waals surface area (Å²) in [5, 5.41) is 0. The van der Waals surface area contributed by atoms with E-state index in [0.29, 0.717) is 24.3 Å². The van der Waals surface area contributed by atoms with E-state index < -0.39 is 5.97 Å². The minimum atomic E-state index is -0.460. The van der Waals surface area contributed by atoms with Crippen molar-refractivity contribution in [2.45, 2.75) is 25.9 Å². The van der Waals surface area contributed by atoms with Crippen LogP contribution < -0.4 is 9.47 Å². The van der Waals surface area contributed by atoms with Crippen LogP contribution in [0.4, 0.5) is 0 Å². The van der Waals surface area contributed by atoms with E-state index in [9.17, 15) is 14.4 Å². The number of likely N-dealkylation sites (tertiary alicyclic amines) is 1. The van der Waals surface area contributed by atoms with Gasteiger partial charge in [0.2, 0.25) is 11.8 Å². The Morgan fingerprint density at radius 2 is 1.67 bits per heavy atom. The highest BCUT2D eigenvalue weighted by Crippen LogP contribution is 2.35. The van der Waals surface area contributed by atoms with Crippen LogP contribution in [0.3, 0.4) is 0 Å². The van der Waals surface area contributed by atoms with Crippen LogP contribution in [-0.2, 0) is 25.7 Å². The third-order valence-electron chi connectivity index (χ3n) is 4.99. The molecule has 3 rings (SSSR count). The van der Waals surface area contributed by atoms with Gasteiger partial charge in [0.05, 0.1) is 32.5 Å². The molecule has 1 fully saturated rings. The molecule has 0 aromatic heterocycles. The van der Waals surface area contributed by atoms with Crippen LogP contribution in [0.15, 0.2) is 30.4 Å². The SMILES string of the molecule is COc1ccc(COC(=O)CCN2C(=O)[C@@H]3CC=CC[C@H]3C2=O)cc1OC. The largest absolute Gasteiger partial charge is 0.493 e. The molecule has 7 nitrogen and oxygen atoms in total. The molecule has 144 valence electrons. The standard InChI is InChI=1S/C20H23NO6/c1-25-16-8-7-13(11-17(16)26-2)12-27-18(22)9-10-21-19(23)14-5-3-4-6-15(14)20(21)24/h3-4,7-8,11,14-15H,5-6,9-10,12H2,1-2H3/t14-,15-/m1/s1. The van der Waals surface area contributed by atoms with E-state index in [1.54, 1.807) is 25.3 Å². The number of allylic oxidation sites excluding steroid dienone is 2. The molecule has 27 heavy (non-hydrogen) atoms. The molecule has 1 heterocycles. The van der Waals surface area contributed by atoms with Crippen molar-refractivity contribution in [1.82, 2.24) is 4.90 Å². The molecule has 0 spiro atoms. The predicted octanol–water partition coefficient (Wildman–Crippen LogP) is 2.09. The van der Waals surface area contributed by atoms with E-state index in [2.05, 4.69) is 0 Å². The number of rotatable bonds is 7. The van der Waals surface area contributed by atoms with Gasteiger partial charge < -0.3 is 14.2 Å². The average Bonchev–Trinajstić information content (AvgIpc) is 2.95. The minimum Gasteiger partial charge on any atom is -0.493 e. The van der Waals surface area contributed by atoms with Gasteiger partial charge in [-0.2, -0.15) is 0 Å². The van der Waals surface area contributed by atoms with Crippen molar-refractivity contribution in [2.24, 2.45) is 11.8 Å². The molecule has 1 aromatic carbocycles. The number of hydrogen-bond acceptors (Lipinski definition) is 6. The molecule has 2 aliphatic rings. The summed E-state index contributed by atoms with van der Waals surface area (Å²) in [7, 11) is 3.08. The van der Waals surface area contributed by atoms with Gasteiger partial charge in [0, 0.05) is 6.54 Å². The Hall–Kier alpha value is -2.83. The Morgan fingerprint density at radius 1 is 1.04 bits per heavy atom. The predicted molar refractivity (Wildman–Crippen MR) is 96.0 cm³/mol. The van der Waals surface area contributed by atoms with E-state index in [1.165, 1.54) is 12.0 Å².